The van der Waals surface area contributed by atoms with Crippen LogP contribution in [0.3, 0.4) is 0 Å². The average Bonchev–Trinajstić information content (AvgIpc) is 2.88. The van der Waals surface area contributed by atoms with Gasteiger partial charge in [0.2, 0.25) is 0 Å². The second kappa shape index (κ2) is 9.63. The molecular weight excluding hydrogens is 499 g/mol. The number of nitrogens with zero attached hydrogens (tertiary/aromatic N) is 2. The summed E-state index contributed by atoms with van der Waals surface area (Å²) in [6, 6.07) is 32.5. The molecule has 0 spiro atoms. The van der Waals surface area contributed by atoms with Gasteiger partial charge in [-0.3, -0.25) is 0 Å². The molecule has 0 N–H and O–H groups in total. The molecule has 0 bridgehead atoms. The Morgan fingerprint density at radius 2 is 0.912 bits per heavy atom. The summed E-state index contributed by atoms with van der Waals surface area (Å²) in [7, 11) is 0. The van der Waals surface area contributed by atoms with Crippen LogP contribution in [0.25, 0.3) is 21.5 Å². The van der Waals surface area contributed by atoms with Crippen molar-refractivity contribution in [3.63, 3.8) is 0 Å². The Morgan fingerprint density at radius 3 is 1.29 bits per heavy atom. The molecule has 6 heteroatoms. The number of rotatable bonds is 4. The summed E-state index contributed by atoms with van der Waals surface area (Å²) in [6.45, 7) is 0. The monoisotopic (exact) mass is 512 g/mol. The summed E-state index contributed by atoms with van der Waals surface area (Å²) in [5.74, 6) is 0. The van der Waals surface area contributed by atoms with Crippen LogP contribution < -0.4 is 0 Å². The Bertz CT molecular complexity index is 1540. The highest BCUT2D eigenvalue weighted by atomic mass is 35.5. The van der Waals surface area contributed by atoms with E-state index >= 15 is 0 Å². The lowest BCUT2D eigenvalue weighted by Crippen LogP contribution is -1.95. The molecule has 0 amide bonds. The second-order valence-corrected chi connectivity index (χ2v) is 10.4. The SMILES string of the molecule is N#Cc1c(C#N)c(Sc2ccc3ccccc3c2)c(Cl)c(Cl)c1Sc1ccc2ccccc2c1. The molecule has 0 fully saturated rings. The molecule has 2 nitrogen and oxygen atoms in total. The van der Waals surface area contributed by atoms with Gasteiger partial charge in [0.05, 0.1) is 31.0 Å². The van der Waals surface area contributed by atoms with Gasteiger partial charge in [-0.25, -0.2) is 0 Å². The first-order chi connectivity index (χ1) is 16.6. The third-order valence-corrected chi connectivity index (χ3v) is 8.68. The zero-order valence-electron chi connectivity index (χ0n) is 17.5. The number of halogens is 2. The highest BCUT2D eigenvalue weighted by molar-refractivity contribution is 8.00. The quantitative estimate of drug-likeness (QED) is 0.240. The summed E-state index contributed by atoms with van der Waals surface area (Å²) < 4.78 is 0. The van der Waals surface area contributed by atoms with E-state index in [0.717, 1.165) is 31.3 Å². The Labute approximate surface area is 215 Å². The smallest absolute Gasteiger partial charge is 0.102 e. The molecule has 0 aliphatic carbocycles. The summed E-state index contributed by atoms with van der Waals surface area (Å²) in [5.41, 5.74) is 0.469. The van der Waals surface area contributed by atoms with E-state index in [9.17, 15) is 10.5 Å². The maximum atomic E-state index is 10.0. The maximum absolute atomic E-state index is 10.0. The van der Waals surface area contributed by atoms with Gasteiger partial charge in [-0.1, -0.05) is 107 Å². The summed E-state index contributed by atoms with van der Waals surface area (Å²) in [5, 5.41) is 25.0. The van der Waals surface area contributed by atoms with Crippen LogP contribution in [0, 0.1) is 22.7 Å². The minimum Gasteiger partial charge on any atom is -0.192 e. The number of nitriles is 2. The number of hydrogen-bond donors (Lipinski definition) is 0. The molecule has 5 aromatic rings. The standard InChI is InChI=1S/C28H14Cl2N2S2/c29-25-26(30)28(34-22-12-10-18-6-2-4-8-20(18)14-22)24(16-32)23(15-31)27(25)33-21-11-9-17-5-1-3-7-19(17)13-21/h1-14H. The summed E-state index contributed by atoms with van der Waals surface area (Å²) >= 11 is 16.1. The molecule has 0 saturated heterocycles. The lowest BCUT2D eigenvalue weighted by molar-refractivity contribution is 1.24. The molecule has 0 saturated carbocycles. The van der Waals surface area contributed by atoms with E-state index in [1.54, 1.807) is 0 Å². The molecular formula is C28H14Cl2N2S2. The number of benzene rings is 5. The lowest BCUT2D eigenvalue weighted by Gasteiger charge is -2.15. The molecule has 34 heavy (non-hydrogen) atoms. The van der Waals surface area contributed by atoms with Gasteiger partial charge < -0.3 is 0 Å². The van der Waals surface area contributed by atoms with Gasteiger partial charge >= 0.3 is 0 Å². The van der Waals surface area contributed by atoms with Gasteiger partial charge in [0.1, 0.15) is 12.1 Å². The van der Waals surface area contributed by atoms with Crippen molar-refractivity contribution in [2.24, 2.45) is 0 Å². The third kappa shape index (κ3) is 4.23. The fraction of sp³-hybridized carbons (Fsp3) is 0. The Balaban J connectivity index is 1.59. The van der Waals surface area contributed by atoms with Crippen molar-refractivity contribution in [2.45, 2.75) is 19.6 Å². The number of fused-ring (bicyclic) bond motifs is 2. The number of hydrogen-bond acceptors (Lipinski definition) is 4. The largest absolute Gasteiger partial charge is 0.192 e. The van der Waals surface area contributed by atoms with Gasteiger partial charge in [0, 0.05) is 9.79 Å². The van der Waals surface area contributed by atoms with Crippen molar-refractivity contribution >= 4 is 68.3 Å². The van der Waals surface area contributed by atoms with Gasteiger partial charge in [-0.05, 0) is 45.8 Å². The zero-order valence-corrected chi connectivity index (χ0v) is 20.7. The molecule has 0 aromatic heterocycles. The average molecular weight is 513 g/mol. The minimum atomic E-state index is 0.235. The van der Waals surface area contributed by atoms with Crippen molar-refractivity contribution in [1.29, 1.82) is 10.5 Å². The first-order valence-corrected chi connectivity index (χ1v) is 12.7. The van der Waals surface area contributed by atoms with E-state index < -0.39 is 0 Å². The van der Waals surface area contributed by atoms with Crippen molar-refractivity contribution in [2.75, 3.05) is 0 Å². The van der Waals surface area contributed by atoms with Gasteiger partial charge in [0.15, 0.2) is 0 Å². The van der Waals surface area contributed by atoms with E-state index in [0.29, 0.717) is 9.79 Å². The molecule has 0 aliphatic heterocycles. The van der Waals surface area contributed by atoms with Crippen LogP contribution in [0.2, 0.25) is 10.0 Å². The molecule has 0 atom stereocenters. The Kier molecular flexibility index (Phi) is 6.42. The first kappa shape index (κ1) is 22.7. The van der Waals surface area contributed by atoms with E-state index in [4.69, 9.17) is 23.2 Å². The Hall–Kier alpha value is -3.12. The molecule has 0 unspecified atom stereocenters. The van der Waals surface area contributed by atoms with Crippen molar-refractivity contribution in [3.05, 3.63) is 106 Å². The maximum Gasteiger partial charge on any atom is 0.102 e. The fourth-order valence-electron chi connectivity index (χ4n) is 3.75. The molecule has 5 aromatic carbocycles. The Morgan fingerprint density at radius 1 is 0.529 bits per heavy atom. The second-order valence-electron chi connectivity index (χ2n) is 7.48. The van der Waals surface area contributed by atoms with E-state index in [1.165, 1.54) is 23.5 Å². The topological polar surface area (TPSA) is 47.6 Å². The van der Waals surface area contributed by atoms with Crippen LogP contribution in [-0.2, 0) is 0 Å². The highest BCUT2D eigenvalue weighted by Crippen LogP contribution is 2.48. The molecule has 0 heterocycles. The third-order valence-electron chi connectivity index (χ3n) is 5.40. The van der Waals surface area contributed by atoms with Crippen molar-refractivity contribution < 1.29 is 0 Å². The lowest BCUT2D eigenvalue weighted by atomic mass is 10.1. The van der Waals surface area contributed by atoms with E-state index in [-0.39, 0.29) is 21.2 Å². The first-order valence-electron chi connectivity index (χ1n) is 10.3. The van der Waals surface area contributed by atoms with Crippen LogP contribution in [0.15, 0.2) is 105 Å². The van der Waals surface area contributed by atoms with Crippen LogP contribution in [0.5, 0.6) is 0 Å². The summed E-state index contributed by atoms with van der Waals surface area (Å²) in [6.07, 6.45) is 0. The fourth-order valence-corrected chi connectivity index (χ4v) is 6.47. The van der Waals surface area contributed by atoms with Gasteiger partial charge in [-0.2, -0.15) is 10.5 Å². The molecule has 162 valence electrons. The van der Waals surface area contributed by atoms with Gasteiger partial charge in [0.25, 0.3) is 0 Å². The molecule has 0 radical (unpaired) electrons. The highest BCUT2D eigenvalue weighted by Gasteiger charge is 2.24. The van der Waals surface area contributed by atoms with Crippen LogP contribution >= 0.6 is 46.7 Å². The predicted molar refractivity (Wildman–Crippen MR) is 142 cm³/mol. The van der Waals surface area contributed by atoms with Gasteiger partial charge in [-0.15, -0.1) is 0 Å². The molecule has 5 rings (SSSR count). The van der Waals surface area contributed by atoms with E-state index in [2.05, 4.69) is 12.1 Å². The van der Waals surface area contributed by atoms with Crippen LogP contribution in [0.1, 0.15) is 11.1 Å². The van der Waals surface area contributed by atoms with Crippen molar-refractivity contribution in [1.82, 2.24) is 0 Å². The molecule has 0 aliphatic rings. The van der Waals surface area contributed by atoms with Crippen LogP contribution in [-0.4, -0.2) is 0 Å². The van der Waals surface area contributed by atoms with Crippen LogP contribution in [0.4, 0.5) is 0 Å². The van der Waals surface area contributed by atoms with Crippen molar-refractivity contribution in [3.8, 4) is 12.1 Å². The minimum absolute atomic E-state index is 0.235. The summed E-state index contributed by atoms with van der Waals surface area (Å²) in [4.78, 5) is 2.80. The van der Waals surface area contributed by atoms with E-state index in [1.807, 2.05) is 84.9 Å². The zero-order chi connectivity index (χ0) is 23.7. The predicted octanol–water partition coefficient (Wildman–Crippen LogP) is 9.35. The normalized spacial score (nSPS) is 10.8.